The first-order chi connectivity index (χ1) is 8.19. The zero-order valence-electron chi connectivity index (χ0n) is 10.7. The van der Waals surface area contributed by atoms with E-state index in [0.717, 1.165) is 17.0 Å². The Bertz CT molecular complexity index is 466. The molecule has 0 fully saturated rings. The minimum Gasteiger partial charge on any atom is -0.373 e. The molecule has 1 rings (SSSR count). The van der Waals surface area contributed by atoms with E-state index in [4.69, 9.17) is 11.5 Å². The van der Waals surface area contributed by atoms with Crippen molar-refractivity contribution in [3.8, 4) is 0 Å². The maximum absolute atomic E-state index is 5.18. The fourth-order valence-electron chi connectivity index (χ4n) is 1.35. The van der Waals surface area contributed by atoms with E-state index >= 15 is 0 Å². The van der Waals surface area contributed by atoms with Crippen molar-refractivity contribution in [2.45, 2.75) is 0 Å². The maximum Gasteiger partial charge on any atom is 0.211 e. The quantitative estimate of drug-likeness (QED) is 0.436. The van der Waals surface area contributed by atoms with Gasteiger partial charge in [0, 0.05) is 25.2 Å². The molecule has 0 saturated carbocycles. The lowest BCUT2D eigenvalue weighted by Gasteiger charge is -2.07. The molecule has 5 N–H and O–H groups in total. The zero-order valence-corrected chi connectivity index (χ0v) is 12.3. The molecule has 19 heavy (non-hydrogen) atoms. The van der Waals surface area contributed by atoms with Crippen LogP contribution in [-0.2, 0) is 0 Å². The second-order valence-corrected chi connectivity index (χ2v) is 3.18. The first-order valence-electron chi connectivity index (χ1n) is 5.05. The van der Waals surface area contributed by atoms with Gasteiger partial charge >= 0.3 is 0 Å². The monoisotopic (exact) mass is 304 g/mol. The fourth-order valence-corrected chi connectivity index (χ4v) is 1.35. The van der Waals surface area contributed by atoms with E-state index in [1.54, 1.807) is 13.3 Å². The average Bonchev–Trinajstić information content (AvgIpc) is 2.32. The van der Waals surface area contributed by atoms with Crippen LogP contribution in [0.15, 0.2) is 39.5 Å². The Kier molecular flexibility index (Phi) is 10.5. The lowest BCUT2D eigenvalue weighted by Crippen LogP contribution is -2.22. The van der Waals surface area contributed by atoms with Gasteiger partial charge in [-0.2, -0.15) is 5.10 Å². The number of amidine groups is 1. The Labute approximate surface area is 124 Å². The summed E-state index contributed by atoms with van der Waals surface area (Å²) in [6, 6.07) is 7.68. The summed E-state index contributed by atoms with van der Waals surface area (Å²) in [7, 11) is 3.53. The Balaban J connectivity index is 0. The first kappa shape index (κ1) is 19.5. The molecule has 0 spiro atoms. The van der Waals surface area contributed by atoms with Crippen molar-refractivity contribution in [3.63, 3.8) is 0 Å². The van der Waals surface area contributed by atoms with E-state index in [2.05, 4.69) is 20.5 Å². The highest BCUT2D eigenvalue weighted by Crippen LogP contribution is 2.06. The van der Waals surface area contributed by atoms with Crippen LogP contribution in [0.4, 0.5) is 0 Å². The van der Waals surface area contributed by atoms with Crippen molar-refractivity contribution < 1.29 is 0 Å². The van der Waals surface area contributed by atoms with Crippen molar-refractivity contribution in [3.05, 3.63) is 35.4 Å². The van der Waals surface area contributed by atoms with Gasteiger partial charge in [0.05, 0.1) is 6.21 Å². The van der Waals surface area contributed by atoms with Gasteiger partial charge in [-0.15, -0.1) is 29.9 Å². The largest absolute Gasteiger partial charge is 0.373 e. The molecule has 0 aliphatic heterocycles. The highest BCUT2D eigenvalue weighted by Gasteiger charge is 2.04. The lowest BCUT2D eigenvalue weighted by atomic mass is 10.1. The lowest BCUT2D eigenvalue weighted by molar-refractivity contribution is 1.15. The Morgan fingerprint density at radius 2 is 1.84 bits per heavy atom. The molecule has 0 amide bonds. The molecule has 0 aliphatic rings. The van der Waals surface area contributed by atoms with Gasteiger partial charge in [-0.1, -0.05) is 24.3 Å². The van der Waals surface area contributed by atoms with E-state index in [1.165, 1.54) is 0 Å². The predicted molar refractivity (Wildman–Crippen MR) is 85.9 cm³/mol. The van der Waals surface area contributed by atoms with E-state index < -0.39 is 0 Å². The summed E-state index contributed by atoms with van der Waals surface area (Å²) in [5, 5.41) is 10.3. The molecule has 0 radical (unpaired) electrons. The number of aliphatic imine (C=N–C) groups is 1. The molecule has 6 nitrogen and oxygen atoms in total. The normalized spacial score (nSPS) is 10.3. The zero-order chi connectivity index (χ0) is 12.7. The third-order valence-corrected chi connectivity index (χ3v) is 2.05. The number of guanidine groups is 1. The first-order valence-corrected chi connectivity index (χ1v) is 5.05. The summed E-state index contributed by atoms with van der Waals surface area (Å²) in [5.74, 6) is 0.702. The second-order valence-electron chi connectivity index (χ2n) is 3.18. The van der Waals surface area contributed by atoms with Gasteiger partial charge in [-0.25, -0.2) is 0 Å². The van der Waals surface area contributed by atoms with Crippen LogP contribution >= 0.6 is 24.8 Å². The van der Waals surface area contributed by atoms with Gasteiger partial charge in [-0.05, 0) is 0 Å². The van der Waals surface area contributed by atoms with Gasteiger partial charge in [0.15, 0.2) is 0 Å². The Hall–Kier alpha value is -1.79. The second kappa shape index (κ2) is 10.2. The molecular formula is C11H18Cl2N6. The molecule has 1 aromatic rings. The smallest absolute Gasteiger partial charge is 0.211 e. The van der Waals surface area contributed by atoms with E-state index in [1.807, 2.05) is 31.3 Å². The third-order valence-electron chi connectivity index (χ3n) is 2.05. The summed E-state index contributed by atoms with van der Waals surface area (Å²) in [6.07, 6.45) is 1.58. The molecule has 106 valence electrons. The van der Waals surface area contributed by atoms with Crippen LogP contribution in [0.3, 0.4) is 0 Å². The van der Waals surface area contributed by atoms with Crippen LogP contribution in [0.25, 0.3) is 0 Å². The van der Waals surface area contributed by atoms with E-state index in [9.17, 15) is 0 Å². The molecular weight excluding hydrogens is 287 g/mol. The fraction of sp³-hybridized carbons (Fsp3) is 0.182. The topological polar surface area (TPSA) is 101 Å². The molecule has 0 heterocycles. The van der Waals surface area contributed by atoms with Crippen LogP contribution in [0.5, 0.6) is 0 Å². The van der Waals surface area contributed by atoms with Crippen molar-refractivity contribution >= 4 is 42.8 Å². The summed E-state index contributed by atoms with van der Waals surface area (Å²) in [5.41, 5.74) is 12.2. The van der Waals surface area contributed by atoms with Crippen molar-refractivity contribution in [2.75, 3.05) is 14.1 Å². The highest BCUT2D eigenvalue weighted by atomic mass is 35.5. The molecule has 0 bridgehead atoms. The van der Waals surface area contributed by atoms with Crippen molar-refractivity contribution in [1.82, 2.24) is 5.32 Å². The standard InChI is InChI=1S/C11H16N6.2ClH/c1-14-10(15-2)9-6-4-3-5-8(9)7-16-17-11(12)13;;/h3-7H,1-2H3,(H,14,15)(H4,12,13,17);2*1H. The van der Waals surface area contributed by atoms with Gasteiger partial charge < -0.3 is 16.8 Å². The number of nitrogens with one attached hydrogen (secondary N) is 1. The van der Waals surface area contributed by atoms with Gasteiger partial charge in [0.25, 0.3) is 0 Å². The molecule has 0 saturated heterocycles. The van der Waals surface area contributed by atoms with Crippen molar-refractivity contribution in [2.24, 2.45) is 26.7 Å². The van der Waals surface area contributed by atoms with Crippen LogP contribution in [0.1, 0.15) is 11.1 Å². The molecule has 8 heteroatoms. The number of rotatable bonds is 3. The Morgan fingerprint density at radius 3 is 2.37 bits per heavy atom. The van der Waals surface area contributed by atoms with Crippen LogP contribution < -0.4 is 16.8 Å². The average molecular weight is 305 g/mol. The molecule has 0 aromatic heterocycles. The van der Waals surface area contributed by atoms with Crippen molar-refractivity contribution in [1.29, 1.82) is 0 Å². The van der Waals surface area contributed by atoms with Crippen LogP contribution in [-0.4, -0.2) is 32.1 Å². The molecule has 0 unspecified atom stereocenters. The van der Waals surface area contributed by atoms with Crippen LogP contribution in [0, 0.1) is 0 Å². The van der Waals surface area contributed by atoms with E-state index in [-0.39, 0.29) is 30.8 Å². The van der Waals surface area contributed by atoms with E-state index in [0.29, 0.717) is 0 Å². The summed E-state index contributed by atoms with van der Waals surface area (Å²) < 4.78 is 0. The molecule has 0 aliphatic carbocycles. The SMILES string of the molecule is CN=C(NC)c1ccccc1C=NN=C(N)N.Cl.Cl. The molecule has 1 aromatic carbocycles. The number of benzene rings is 1. The number of hydrogen-bond donors (Lipinski definition) is 3. The Morgan fingerprint density at radius 1 is 1.21 bits per heavy atom. The van der Waals surface area contributed by atoms with Crippen LogP contribution in [0.2, 0.25) is 0 Å². The summed E-state index contributed by atoms with van der Waals surface area (Å²) in [6.45, 7) is 0. The number of hydrogen-bond acceptors (Lipinski definition) is 3. The third kappa shape index (κ3) is 6.08. The molecule has 0 atom stereocenters. The highest BCUT2D eigenvalue weighted by molar-refractivity contribution is 6.05. The summed E-state index contributed by atoms with van der Waals surface area (Å²) >= 11 is 0. The number of nitrogens with two attached hydrogens (primary N) is 2. The minimum absolute atomic E-state index is 0. The minimum atomic E-state index is -0.0725. The summed E-state index contributed by atoms with van der Waals surface area (Å²) in [4.78, 5) is 4.14. The van der Waals surface area contributed by atoms with Gasteiger partial charge in [0.2, 0.25) is 5.96 Å². The predicted octanol–water partition coefficient (Wildman–Crippen LogP) is 0.733. The number of halogens is 2. The maximum atomic E-state index is 5.18. The van der Waals surface area contributed by atoms with Gasteiger partial charge in [-0.3, -0.25) is 4.99 Å². The number of nitrogens with zero attached hydrogens (tertiary/aromatic N) is 3. The van der Waals surface area contributed by atoms with Gasteiger partial charge in [0.1, 0.15) is 5.84 Å².